The number of nitro groups is 1. The van der Waals surface area contributed by atoms with Crippen LogP contribution < -0.4 is 0 Å². The van der Waals surface area contributed by atoms with Gasteiger partial charge in [-0.05, 0) is 12.1 Å². The van der Waals surface area contributed by atoms with Crippen molar-refractivity contribution in [2.45, 2.75) is 11.1 Å². The van der Waals surface area contributed by atoms with Gasteiger partial charge >= 0.3 is 6.18 Å². The molecular weight excluding hydrogens is 353 g/mol. The van der Waals surface area contributed by atoms with Crippen molar-refractivity contribution in [2.24, 2.45) is 0 Å². The first-order valence-corrected chi connectivity index (χ1v) is 8.11. The molecule has 7 nitrogen and oxygen atoms in total. The van der Waals surface area contributed by atoms with E-state index in [1.807, 2.05) is 0 Å². The largest absolute Gasteiger partial charge is 0.416 e. The molecule has 2 rings (SSSR count). The molecule has 11 heteroatoms. The number of morpholine rings is 1. The van der Waals surface area contributed by atoms with Gasteiger partial charge in [0.2, 0.25) is 5.91 Å². The fraction of sp³-hybridized carbons (Fsp3) is 0.462. The zero-order valence-electron chi connectivity index (χ0n) is 12.2. The molecule has 0 aliphatic carbocycles. The van der Waals surface area contributed by atoms with Crippen molar-refractivity contribution in [3.8, 4) is 0 Å². The highest BCUT2D eigenvalue weighted by molar-refractivity contribution is 7.86. The number of rotatable bonds is 4. The second kappa shape index (κ2) is 7.26. The highest BCUT2D eigenvalue weighted by Crippen LogP contribution is 2.34. The smallest absolute Gasteiger partial charge is 0.378 e. The molecule has 1 aliphatic rings. The minimum absolute atomic E-state index is 0.311. The van der Waals surface area contributed by atoms with Crippen LogP contribution in [0.25, 0.3) is 0 Å². The molecule has 0 N–H and O–H groups in total. The molecule has 1 unspecified atom stereocenters. The van der Waals surface area contributed by atoms with Crippen LogP contribution in [0.15, 0.2) is 23.1 Å². The van der Waals surface area contributed by atoms with Crippen LogP contribution in [-0.4, -0.2) is 52.0 Å². The second-order valence-electron chi connectivity index (χ2n) is 4.92. The molecule has 1 atom stereocenters. The fourth-order valence-electron chi connectivity index (χ4n) is 2.12. The number of benzene rings is 1. The molecule has 132 valence electrons. The van der Waals surface area contributed by atoms with E-state index < -0.39 is 49.7 Å². The Morgan fingerprint density at radius 3 is 2.50 bits per heavy atom. The maximum Gasteiger partial charge on any atom is 0.416 e. The van der Waals surface area contributed by atoms with Gasteiger partial charge in [-0.1, -0.05) is 0 Å². The summed E-state index contributed by atoms with van der Waals surface area (Å²) in [7, 11) is -2.12. The van der Waals surface area contributed by atoms with E-state index in [1.54, 1.807) is 0 Å². The van der Waals surface area contributed by atoms with E-state index >= 15 is 0 Å². The van der Waals surface area contributed by atoms with Crippen molar-refractivity contribution in [3.05, 3.63) is 33.9 Å². The van der Waals surface area contributed by atoms with Crippen LogP contribution in [0.5, 0.6) is 0 Å². The minimum atomic E-state index is -4.76. The van der Waals surface area contributed by atoms with Crippen LogP contribution in [0.1, 0.15) is 5.56 Å². The van der Waals surface area contributed by atoms with Gasteiger partial charge in [0.05, 0.1) is 34.5 Å². The Morgan fingerprint density at radius 2 is 1.96 bits per heavy atom. The van der Waals surface area contributed by atoms with Crippen molar-refractivity contribution in [2.75, 3.05) is 32.1 Å². The molecule has 1 aromatic carbocycles. The van der Waals surface area contributed by atoms with Gasteiger partial charge in [-0.25, -0.2) is 0 Å². The molecule has 0 aromatic heterocycles. The van der Waals surface area contributed by atoms with Crippen molar-refractivity contribution >= 4 is 22.4 Å². The molecule has 1 heterocycles. The highest BCUT2D eigenvalue weighted by atomic mass is 32.2. The Morgan fingerprint density at radius 1 is 1.33 bits per heavy atom. The Labute approximate surface area is 137 Å². The van der Waals surface area contributed by atoms with E-state index in [4.69, 9.17) is 4.74 Å². The molecule has 0 spiro atoms. The van der Waals surface area contributed by atoms with Crippen molar-refractivity contribution in [1.29, 1.82) is 0 Å². The van der Waals surface area contributed by atoms with E-state index in [9.17, 15) is 32.3 Å². The Kier molecular flexibility index (Phi) is 5.54. The topological polar surface area (TPSA) is 89.8 Å². The number of amides is 1. The second-order valence-corrected chi connectivity index (χ2v) is 6.34. The standard InChI is InChI=1S/C13H13F3N2O5S/c14-13(15,16)9-1-2-11(10(7-9)18(20)21)24(22)8-12(19)17-3-5-23-6-4-17/h1-2,7H,3-6,8H2. The van der Waals surface area contributed by atoms with Crippen LogP contribution in [0.2, 0.25) is 0 Å². The van der Waals surface area contributed by atoms with E-state index in [2.05, 4.69) is 0 Å². The molecule has 1 saturated heterocycles. The SMILES string of the molecule is O=C(CS(=O)c1ccc(C(F)(F)F)cc1[N+](=O)[O-])N1CCOCC1. The van der Waals surface area contributed by atoms with Crippen LogP contribution in [0.3, 0.4) is 0 Å². The molecule has 1 amide bonds. The summed E-state index contributed by atoms with van der Waals surface area (Å²) in [5.41, 5.74) is -2.13. The third kappa shape index (κ3) is 4.29. The lowest BCUT2D eigenvalue weighted by atomic mass is 10.2. The third-order valence-electron chi connectivity index (χ3n) is 3.35. The van der Waals surface area contributed by atoms with E-state index in [1.165, 1.54) is 4.90 Å². The lowest BCUT2D eigenvalue weighted by molar-refractivity contribution is -0.388. The fourth-order valence-corrected chi connectivity index (χ4v) is 3.27. The summed E-state index contributed by atoms with van der Waals surface area (Å²) in [6.07, 6.45) is -4.76. The lowest BCUT2D eigenvalue weighted by Gasteiger charge is -2.26. The van der Waals surface area contributed by atoms with Gasteiger partial charge in [-0.3, -0.25) is 19.1 Å². The van der Waals surface area contributed by atoms with E-state index in [-0.39, 0.29) is 0 Å². The molecule has 1 aromatic rings. The summed E-state index contributed by atoms with van der Waals surface area (Å²) in [5.74, 6) is -1.03. The average molecular weight is 366 g/mol. The Hall–Kier alpha value is -2.01. The quantitative estimate of drug-likeness (QED) is 0.596. The molecular formula is C13H13F3N2O5S. The predicted octanol–water partition coefficient (Wildman–Crippen LogP) is 1.58. The predicted molar refractivity (Wildman–Crippen MR) is 76.8 cm³/mol. The molecule has 24 heavy (non-hydrogen) atoms. The zero-order chi connectivity index (χ0) is 17.9. The summed E-state index contributed by atoms with van der Waals surface area (Å²) in [4.78, 5) is 23.0. The molecule has 0 bridgehead atoms. The third-order valence-corrected chi connectivity index (χ3v) is 4.69. The summed E-state index contributed by atoms with van der Waals surface area (Å²) in [5, 5.41) is 11.0. The normalized spacial score (nSPS) is 16.7. The summed E-state index contributed by atoms with van der Waals surface area (Å²) >= 11 is 0. The number of nitro benzene ring substituents is 1. The van der Waals surface area contributed by atoms with Gasteiger partial charge in [0.1, 0.15) is 10.6 Å². The Bertz CT molecular complexity index is 674. The van der Waals surface area contributed by atoms with E-state index in [0.717, 1.165) is 6.07 Å². The van der Waals surface area contributed by atoms with Gasteiger partial charge < -0.3 is 9.64 Å². The number of nitrogens with zero attached hydrogens (tertiary/aromatic N) is 2. The van der Waals surface area contributed by atoms with Crippen LogP contribution in [-0.2, 0) is 26.5 Å². The van der Waals surface area contributed by atoms with Gasteiger partial charge in [0.25, 0.3) is 5.69 Å². The number of ether oxygens (including phenoxy) is 1. The van der Waals surface area contributed by atoms with E-state index in [0.29, 0.717) is 38.4 Å². The van der Waals surface area contributed by atoms with Crippen molar-refractivity contribution in [3.63, 3.8) is 0 Å². The maximum absolute atomic E-state index is 12.6. The molecule has 0 saturated carbocycles. The lowest BCUT2D eigenvalue weighted by Crippen LogP contribution is -2.42. The first-order valence-electron chi connectivity index (χ1n) is 6.79. The molecule has 1 aliphatic heterocycles. The summed E-state index contributed by atoms with van der Waals surface area (Å²) < 4.78 is 55.2. The Balaban J connectivity index is 2.22. The summed E-state index contributed by atoms with van der Waals surface area (Å²) in [6.45, 7) is 1.29. The van der Waals surface area contributed by atoms with Gasteiger partial charge in [-0.2, -0.15) is 13.2 Å². The summed E-state index contributed by atoms with van der Waals surface area (Å²) in [6, 6.07) is 1.72. The highest BCUT2D eigenvalue weighted by Gasteiger charge is 2.34. The van der Waals surface area contributed by atoms with Crippen LogP contribution in [0, 0.1) is 10.1 Å². The minimum Gasteiger partial charge on any atom is -0.378 e. The van der Waals surface area contributed by atoms with Gasteiger partial charge in [0, 0.05) is 19.2 Å². The number of hydrogen-bond donors (Lipinski definition) is 0. The van der Waals surface area contributed by atoms with Crippen LogP contribution in [0.4, 0.5) is 18.9 Å². The average Bonchev–Trinajstić information content (AvgIpc) is 2.54. The van der Waals surface area contributed by atoms with Gasteiger partial charge in [0.15, 0.2) is 0 Å². The molecule has 0 radical (unpaired) electrons. The van der Waals surface area contributed by atoms with Crippen LogP contribution >= 0.6 is 0 Å². The maximum atomic E-state index is 12.6. The first-order chi connectivity index (χ1) is 11.2. The van der Waals surface area contributed by atoms with Crippen molar-refractivity contribution < 1.29 is 31.8 Å². The number of alkyl halides is 3. The monoisotopic (exact) mass is 366 g/mol. The number of carbonyl (C=O) groups is 1. The number of carbonyl (C=O) groups excluding carboxylic acids is 1. The van der Waals surface area contributed by atoms with Crippen molar-refractivity contribution in [1.82, 2.24) is 4.90 Å². The molecule has 1 fully saturated rings. The van der Waals surface area contributed by atoms with Gasteiger partial charge in [-0.15, -0.1) is 0 Å². The number of hydrogen-bond acceptors (Lipinski definition) is 5. The zero-order valence-corrected chi connectivity index (χ0v) is 13.1. The first kappa shape index (κ1) is 18.3. The number of halogens is 3.